The third-order valence-corrected chi connectivity index (χ3v) is 3.22. The first-order valence-electron chi connectivity index (χ1n) is 5.21. The first-order valence-corrected chi connectivity index (χ1v) is 6.09. The minimum Gasteiger partial charge on any atom is -0.370 e. The van der Waals surface area contributed by atoms with E-state index in [4.69, 9.17) is 11.5 Å². The van der Waals surface area contributed by atoms with Crippen molar-refractivity contribution in [2.75, 3.05) is 6.54 Å². The van der Waals surface area contributed by atoms with Gasteiger partial charge in [0, 0.05) is 24.0 Å². The average molecular weight is 256 g/mol. The standard InChI is InChI=1S/C10H16N4O2S/c1-6(10-13-2-3-17-10)5-14-9(16)7(11)4-8(12)15/h2-3,6-7H,4-5,11H2,1H3,(H2,12,15)(H,14,16). The summed E-state index contributed by atoms with van der Waals surface area (Å²) in [4.78, 5) is 26.2. The molecule has 1 aromatic rings. The minimum absolute atomic E-state index is 0.125. The molecule has 94 valence electrons. The Balaban J connectivity index is 2.35. The lowest BCUT2D eigenvalue weighted by Gasteiger charge is -2.13. The molecular weight excluding hydrogens is 240 g/mol. The number of nitrogens with one attached hydrogen (secondary N) is 1. The van der Waals surface area contributed by atoms with E-state index in [-0.39, 0.29) is 18.2 Å². The van der Waals surface area contributed by atoms with E-state index in [1.54, 1.807) is 6.20 Å². The van der Waals surface area contributed by atoms with E-state index in [1.165, 1.54) is 11.3 Å². The number of amides is 2. The molecule has 0 saturated heterocycles. The lowest BCUT2D eigenvalue weighted by molar-refractivity contribution is -0.126. The van der Waals surface area contributed by atoms with E-state index in [9.17, 15) is 9.59 Å². The Labute approximate surface area is 103 Å². The number of thiazole rings is 1. The minimum atomic E-state index is -0.879. The maximum atomic E-state index is 11.5. The van der Waals surface area contributed by atoms with Crippen LogP contribution in [0.5, 0.6) is 0 Å². The van der Waals surface area contributed by atoms with Gasteiger partial charge in [0.2, 0.25) is 11.8 Å². The zero-order valence-corrected chi connectivity index (χ0v) is 10.4. The van der Waals surface area contributed by atoms with E-state index in [1.807, 2.05) is 12.3 Å². The molecule has 0 bridgehead atoms. The zero-order valence-electron chi connectivity index (χ0n) is 9.55. The van der Waals surface area contributed by atoms with Crippen LogP contribution >= 0.6 is 11.3 Å². The topological polar surface area (TPSA) is 111 Å². The fraction of sp³-hybridized carbons (Fsp3) is 0.500. The number of hydrogen-bond donors (Lipinski definition) is 3. The summed E-state index contributed by atoms with van der Waals surface area (Å²) in [6.45, 7) is 2.40. The molecule has 0 aromatic carbocycles. The third-order valence-electron chi connectivity index (χ3n) is 2.21. The molecule has 1 heterocycles. The number of nitrogens with two attached hydrogens (primary N) is 2. The van der Waals surface area contributed by atoms with E-state index in [0.717, 1.165) is 5.01 Å². The van der Waals surface area contributed by atoms with Gasteiger partial charge < -0.3 is 16.8 Å². The summed E-state index contributed by atoms with van der Waals surface area (Å²) in [5.74, 6) is -0.826. The number of primary amides is 1. The van der Waals surface area contributed by atoms with E-state index in [2.05, 4.69) is 10.3 Å². The van der Waals surface area contributed by atoms with Crippen LogP contribution in [-0.4, -0.2) is 29.4 Å². The van der Waals surface area contributed by atoms with Gasteiger partial charge in [0.1, 0.15) is 0 Å². The van der Waals surface area contributed by atoms with Gasteiger partial charge in [0.05, 0.1) is 17.5 Å². The van der Waals surface area contributed by atoms with Crippen molar-refractivity contribution < 1.29 is 9.59 Å². The van der Waals surface area contributed by atoms with Crippen LogP contribution in [0.2, 0.25) is 0 Å². The van der Waals surface area contributed by atoms with Gasteiger partial charge in [-0.1, -0.05) is 6.92 Å². The van der Waals surface area contributed by atoms with Gasteiger partial charge in [0.15, 0.2) is 0 Å². The van der Waals surface area contributed by atoms with E-state index < -0.39 is 11.9 Å². The molecule has 5 N–H and O–H groups in total. The highest BCUT2D eigenvalue weighted by Crippen LogP contribution is 2.16. The molecule has 2 amide bonds. The summed E-state index contributed by atoms with van der Waals surface area (Å²) in [6.07, 6.45) is 1.58. The molecular formula is C10H16N4O2S. The number of aromatic nitrogens is 1. The second-order valence-corrected chi connectivity index (χ2v) is 4.72. The number of nitrogens with zero attached hydrogens (tertiary/aromatic N) is 1. The smallest absolute Gasteiger partial charge is 0.237 e. The molecule has 6 nitrogen and oxygen atoms in total. The van der Waals surface area contributed by atoms with Gasteiger partial charge in [-0.3, -0.25) is 9.59 Å². The van der Waals surface area contributed by atoms with Gasteiger partial charge in [-0.15, -0.1) is 11.3 Å². The molecule has 0 saturated carbocycles. The number of rotatable bonds is 6. The van der Waals surface area contributed by atoms with Crippen LogP contribution in [0.4, 0.5) is 0 Å². The average Bonchev–Trinajstić information content (AvgIpc) is 2.77. The maximum Gasteiger partial charge on any atom is 0.237 e. The SMILES string of the molecule is CC(CNC(=O)C(N)CC(N)=O)c1nccs1. The number of hydrogen-bond acceptors (Lipinski definition) is 5. The Hall–Kier alpha value is -1.47. The van der Waals surface area contributed by atoms with Crippen LogP contribution in [0.3, 0.4) is 0 Å². The van der Waals surface area contributed by atoms with Gasteiger partial charge in [-0.2, -0.15) is 0 Å². The second-order valence-electron chi connectivity index (χ2n) is 3.79. The predicted molar refractivity (Wildman–Crippen MR) is 65.3 cm³/mol. The monoisotopic (exact) mass is 256 g/mol. The van der Waals surface area contributed by atoms with Gasteiger partial charge in [0.25, 0.3) is 0 Å². The van der Waals surface area contributed by atoms with Gasteiger partial charge in [-0.25, -0.2) is 4.98 Å². The van der Waals surface area contributed by atoms with Crippen LogP contribution in [0.1, 0.15) is 24.3 Å². The summed E-state index contributed by atoms with van der Waals surface area (Å²) in [5.41, 5.74) is 10.5. The summed E-state index contributed by atoms with van der Waals surface area (Å²) in [7, 11) is 0. The lowest BCUT2D eigenvalue weighted by atomic mass is 10.1. The van der Waals surface area contributed by atoms with Crippen LogP contribution in [0, 0.1) is 0 Å². The van der Waals surface area contributed by atoms with E-state index in [0.29, 0.717) is 6.54 Å². The first kappa shape index (κ1) is 13.6. The third kappa shape index (κ3) is 4.49. The molecule has 0 aliphatic carbocycles. The summed E-state index contributed by atoms with van der Waals surface area (Å²) in [5, 5.41) is 5.50. The van der Waals surface area contributed by atoms with Gasteiger partial charge in [-0.05, 0) is 0 Å². The second kappa shape index (κ2) is 6.31. The van der Waals surface area contributed by atoms with Crippen molar-refractivity contribution in [3.8, 4) is 0 Å². The molecule has 17 heavy (non-hydrogen) atoms. The quantitative estimate of drug-likeness (QED) is 0.641. The number of carbonyl (C=O) groups excluding carboxylic acids is 2. The summed E-state index contributed by atoms with van der Waals surface area (Å²) < 4.78 is 0. The molecule has 0 fully saturated rings. The Morgan fingerprint density at radius 1 is 1.59 bits per heavy atom. The Kier molecular flexibility index (Phi) is 5.05. The predicted octanol–water partition coefficient (Wildman–Crippen LogP) is -0.434. The molecule has 1 rings (SSSR count). The van der Waals surface area contributed by atoms with Crippen LogP contribution in [-0.2, 0) is 9.59 Å². The summed E-state index contributed by atoms with van der Waals surface area (Å²) >= 11 is 1.53. The lowest BCUT2D eigenvalue weighted by Crippen LogP contribution is -2.44. The fourth-order valence-corrected chi connectivity index (χ4v) is 1.96. The van der Waals surface area contributed by atoms with Crippen molar-refractivity contribution in [3.05, 3.63) is 16.6 Å². The highest BCUT2D eigenvalue weighted by atomic mass is 32.1. The molecule has 1 aromatic heterocycles. The van der Waals surface area contributed by atoms with Crippen molar-refractivity contribution in [1.82, 2.24) is 10.3 Å². The highest BCUT2D eigenvalue weighted by molar-refractivity contribution is 7.09. The molecule has 0 spiro atoms. The van der Waals surface area contributed by atoms with Crippen molar-refractivity contribution >= 4 is 23.2 Å². The molecule has 2 unspecified atom stereocenters. The van der Waals surface area contributed by atoms with Crippen LogP contribution in [0.15, 0.2) is 11.6 Å². The first-order chi connectivity index (χ1) is 8.00. The highest BCUT2D eigenvalue weighted by Gasteiger charge is 2.17. The van der Waals surface area contributed by atoms with Crippen molar-refractivity contribution in [3.63, 3.8) is 0 Å². The number of carbonyl (C=O) groups is 2. The normalized spacial score (nSPS) is 14.0. The summed E-state index contributed by atoms with van der Waals surface area (Å²) in [6, 6.07) is -0.879. The maximum absolute atomic E-state index is 11.5. The largest absolute Gasteiger partial charge is 0.370 e. The molecule has 0 aliphatic rings. The van der Waals surface area contributed by atoms with Crippen LogP contribution in [0.25, 0.3) is 0 Å². The molecule has 7 heteroatoms. The molecule has 2 atom stereocenters. The zero-order chi connectivity index (χ0) is 12.8. The molecule has 0 radical (unpaired) electrons. The molecule has 0 aliphatic heterocycles. The van der Waals surface area contributed by atoms with Gasteiger partial charge >= 0.3 is 0 Å². The van der Waals surface area contributed by atoms with Crippen molar-refractivity contribution in [2.24, 2.45) is 11.5 Å². The van der Waals surface area contributed by atoms with E-state index >= 15 is 0 Å². The van der Waals surface area contributed by atoms with Crippen molar-refractivity contribution in [1.29, 1.82) is 0 Å². The van der Waals surface area contributed by atoms with Crippen LogP contribution < -0.4 is 16.8 Å². The Bertz CT molecular complexity index is 380. The fourth-order valence-electron chi connectivity index (χ4n) is 1.26. The van der Waals surface area contributed by atoms with Crippen molar-refractivity contribution in [2.45, 2.75) is 25.3 Å². The Morgan fingerprint density at radius 3 is 2.82 bits per heavy atom. The Morgan fingerprint density at radius 2 is 2.29 bits per heavy atom.